The summed E-state index contributed by atoms with van der Waals surface area (Å²) in [5, 5.41) is 2.51. The third-order valence-corrected chi connectivity index (χ3v) is 4.55. The molecule has 5 atom stereocenters. The van der Waals surface area contributed by atoms with Gasteiger partial charge in [0.25, 0.3) is 0 Å². The summed E-state index contributed by atoms with van der Waals surface area (Å²) in [6.45, 7) is 3.57. The molecule has 2 fully saturated rings. The number of carbonyl (C=O) groups excluding carboxylic acids is 2. The Balaban J connectivity index is 1.69. The highest BCUT2D eigenvalue weighted by Crippen LogP contribution is 2.40. The summed E-state index contributed by atoms with van der Waals surface area (Å²) >= 11 is 0. The third-order valence-electron chi connectivity index (χ3n) is 4.55. The van der Waals surface area contributed by atoms with Crippen molar-refractivity contribution in [3.8, 4) is 0 Å². The Bertz CT molecular complexity index is 694. The first-order chi connectivity index (χ1) is 13.3. The largest absolute Gasteiger partial charge is 0.467 e. The molecule has 1 aromatic carbocycles. The molecule has 0 saturated carbocycles. The van der Waals surface area contributed by atoms with Gasteiger partial charge in [-0.2, -0.15) is 0 Å². The van der Waals surface area contributed by atoms with Crippen LogP contribution in [0.5, 0.6) is 0 Å². The Morgan fingerprint density at radius 3 is 2.46 bits per heavy atom. The van der Waals surface area contributed by atoms with E-state index in [0.29, 0.717) is 0 Å². The van der Waals surface area contributed by atoms with Crippen molar-refractivity contribution in [2.75, 3.05) is 14.2 Å². The zero-order chi connectivity index (χ0) is 20.3. The molecule has 0 bridgehead atoms. The quantitative estimate of drug-likeness (QED) is 0.720. The van der Waals surface area contributed by atoms with Gasteiger partial charge in [-0.1, -0.05) is 30.3 Å². The van der Waals surface area contributed by atoms with Crippen LogP contribution in [0.25, 0.3) is 0 Å². The summed E-state index contributed by atoms with van der Waals surface area (Å²) in [4.78, 5) is 24.6. The van der Waals surface area contributed by atoms with Gasteiger partial charge < -0.3 is 33.7 Å². The maximum atomic E-state index is 12.3. The van der Waals surface area contributed by atoms with Crippen LogP contribution in [0.1, 0.15) is 19.4 Å². The summed E-state index contributed by atoms with van der Waals surface area (Å²) in [6, 6.07) is 8.03. The average molecular weight is 395 g/mol. The van der Waals surface area contributed by atoms with E-state index in [1.165, 1.54) is 14.2 Å². The van der Waals surface area contributed by atoms with E-state index in [-0.39, 0.29) is 6.61 Å². The maximum absolute atomic E-state index is 12.3. The number of nitrogens with one attached hydrogen (secondary N) is 1. The molecule has 0 aromatic heterocycles. The lowest BCUT2D eigenvalue weighted by Crippen LogP contribution is -2.53. The highest BCUT2D eigenvalue weighted by Gasteiger charge is 2.59. The van der Waals surface area contributed by atoms with Crippen molar-refractivity contribution < 1.29 is 38.0 Å². The van der Waals surface area contributed by atoms with Gasteiger partial charge in [0.2, 0.25) is 0 Å². The molecule has 28 heavy (non-hydrogen) atoms. The van der Waals surface area contributed by atoms with Crippen LogP contribution in [0.3, 0.4) is 0 Å². The average Bonchev–Trinajstić information content (AvgIpc) is 3.17. The first kappa shape index (κ1) is 20.5. The fourth-order valence-corrected chi connectivity index (χ4v) is 3.34. The molecule has 0 radical (unpaired) electrons. The molecule has 2 heterocycles. The Kier molecular flexibility index (Phi) is 6.19. The molecule has 3 rings (SSSR count). The van der Waals surface area contributed by atoms with E-state index in [9.17, 15) is 9.59 Å². The SMILES string of the molecule is COC(=O)[C@H](NC(=O)OCc1ccccc1)[C@H]1O[C@@H](OC)[C@@H]2OC(C)(C)O[C@@H]21. The van der Waals surface area contributed by atoms with E-state index < -0.39 is 48.5 Å². The smallest absolute Gasteiger partial charge is 0.408 e. The summed E-state index contributed by atoms with van der Waals surface area (Å²) in [5.74, 6) is -1.56. The van der Waals surface area contributed by atoms with Crippen LogP contribution in [0.4, 0.5) is 4.79 Å². The van der Waals surface area contributed by atoms with Gasteiger partial charge in [-0.3, -0.25) is 0 Å². The van der Waals surface area contributed by atoms with Crippen molar-refractivity contribution in [1.82, 2.24) is 5.32 Å². The number of hydrogen-bond donors (Lipinski definition) is 1. The van der Waals surface area contributed by atoms with Crippen molar-refractivity contribution in [2.45, 2.75) is 56.9 Å². The summed E-state index contributed by atoms with van der Waals surface area (Å²) in [5.41, 5.74) is 0.818. The third kappa shape index (κ3) is 4.44. The lowest BCUT2D eigenvalue weighted by atomic mass is 10.0. The standard InChI is InChI=1S/C19H25NO8/c1-19(2)27-14-13(26-17(24-4)15(14)28-19)12(16(21)23-3)20-18(22)25-10-11-8-6-5-7-9-11/h5-9,12-15,17H,10H2,1-4H3,(H,20,22)/t12-,13-,14-,15-,17-/m1/s1. The summed E-state index contributed by atoms with van der Waals surface area (Å²) < 4.78 is 32.8. The number of methoxy groups -OCH3 is 2. The van der Waals surface area contributed by atoms with Gasteiger partial charge in [0.15, 0.2) is 18.1 Å². The molecule has 2 saturated heterocycles. The fourth-order valence-electron chi connectivity index (χ4n) is 3.34. The van der Waals surface area contributed by atoms with Crippen LogP contribution in [-0.2, 0) is 39.8 Å². The molecule has 0 unspecified atom stereocenters. The second kappa shape index (κ2) is 8.44. The minimum Gasteiger partial charge on any atom is -0.467 e. The van der Waals surface area contributed by atoms with Crippen LogP contribution in [0, 0.1) is 0 Å². The van der Waals surface area contributed by atoms with Crippen LogP contribution in [0.15, 0.2) is 30.3 Å². The molecule has 0 spiro atoms. The Labute approximate surface area is 163 Å². The van der Waals surface area contributed by atoms with Crippen molar-refractivity contribution in [3.05, 3.63) is 35.9 Å². The predicted octanol–water partition coefficient (Wildman–Crippen LogP) is 1.35. The summed E-state index contributed by atoms with van der Waals surface area (Å²) in [6.07, 6.45) is -3.56. The molecular weight excluding hydrogens is 370 g/mol. The lowest BCUT2D eigenvalue weighted by molar-refractivity contribution is -0.230. The van der Waals surface area contributed by atoms with Crippen LogP contribution < -0.4 is 5.32 Å². The molecule has 2 aliphatic rings. The second-order valence-corrected chi connectivity index (χ2v) is 6.98. The molecule has 0 aliphatic carbocycles. The van der Waals surface area contributed by atoms with Gasteiger partial charge in [0.1, 0.15) is 24.9 Å². The van der Waals surface area contributed by atoms with E-state index in [0.717, 1.165) is 5.56 Å². The van der Waals surface area contributed by atoms with Crippen molar-refractivity contribution >= 4 is 12.1 Å². The molecule has 1 amide bonds. The molecule has 1 N–H and O–H groups in total. The van der Waals surface area contributed by atoms with Crippen molar-refractivity contribution in [3.63, 3.8) is 0 Å². The zero-order valence-corrected chi connectivity index (χ0v) is 16.2. The minimum absolute atomic E-state index is 0.0610. The Morgan fingerprint density at radius 2 is 1.82 bits per heavy atom. The van der Waals surface area contributed by atoms with Gasteiger partial charge in [0.05, 0.1) is 7.11 Å². The topological polar surface area (TPSA) is 102 Å². The first-order valence-electron chi connectivity index (χ1n) is 8.93. The van der Waals surface area contributed by atoms with Gasteiger partial charge in [-0.05, 0) is 19.4 Å². The molecule has 2 aliphatic heterocycles. The first-order valence-corrected chi connectivity index (χ1v) is 8.93. The predicted molar refractivity (Wildman–Crippen MR) is 95.1 cm³/mol. The van der Waals surface area contributed by atoms with Gasteiger partial charge in [0, 0.05) is 7.11 Å². The normalized spacial score (nSPS) is 29.0. The van der Waals surface area contributed by atoms with Gasteiger partial charge in [-0.15, -0.1) is 0 Å². The monoisotopic (exact) mass is 395 g/mol. The number of hydrogen-bond acceptors (Lipinski definition) is 8. The van der Waals surface area contributed by atoms with E-state index in [1.54, 1.807) is 13.8 Å². The number of ether oxygens (including phenoxy) is 6. The van der Waals surface area contributed by atoms with Crippen molar-refractivity contribution in [2.24, 2.45) is 0 Å². The Morgan fingerprint density at radius 1 is 1.14 bits per heavy atom. The molecule has 9 heteroatoms. The number of rotatable bonds is 6. The number of esters is 1. The molecule has 9 nitrogen and oxygen atoms in total. The number of alkyl carbamates (subject to hydrolysis) is 1. The number of fused-ring (bicyclic) bond motifs is 1. The molecular formula is C19H25NO8. The maximum Gasteiger partial charge on any atom is 0.408 e. The highest BCUT2D eigenvalue weighted by atomic mass is 16.8. The van der Waals surface area contributed by atoms with Gasteiger partial charge >= 0.3 is 12.1 Å². The number of carbonyl (C=O) groups is 2. The number of benzene rings is 1. The highest BCUT2D eigenvalue weighted by molar-refractivity contribution is 5.82. The van der Waals surface area contributed by atoms with Crippen LogP contribution in [0.2, 0.25) is 0 Å². The fraction of sp³-hybridized carbons (Fsp3) is 0.579. The number of amides is 1. The Hall–Kier alpha value is -2.20. The minimum atomic E-state index is -1.15. The second-order valence-electron chi connectivity index (χ2n) is 6.98. The molecule has 154 valence electrons. The van der Waals surface area contributed by atoms with Crippen LogP contribution >= 0.6 is 0 Å². The summed E-state index contributed by atoms with van der Waals surface area (Å²) in [7, 11) is 2.69. The van der Waals surface area contributed by atoms with Crippen LogP contribution in [-0.4, -0.2) is 62.7 Å². The lowest BCUT2D eigenvalue weighted by Gasteiger charge is -2.27. The zero-order valence-electron chi connectivity index (χ0n) is 16.2. The molecule has 1 aromatic rings. The van der Waals surface area contributed by atoms with E-state index in [1.807, 2.05) is 30.3 Å². The van der Waals surface area contributed by atoms with E-state index >= 15 is 0 Å². The van der Waals surface area contributed by atoms with Gasteiger partial charge in [-0.25, -0.2) is 9.59 Å². The van der Waals surface area contributed by atoms with E-state index in [2.05, 4.69) is 5.32 Å². The van der Waals surface area contributed by atoms with Crippen molar-refractivity contribution in [1.29, 1.82) is 0 Å². The van der Waals surface area contributed by atoms with E-state index in [4.69, 9.17) is 28.4 Å².